The van der Waals surface area contributed by atoms with Crippen LogP contribution in [0.2, 0.25) is 0 Å². The van der Waals surface area contributed by atoms with Crippen molar-refractivity contribution in [1.29, 1.82) is 0 Å². The molecule has 9 heteroatoms. The largest absolute Gasteiger partial charge is 0.342 e. The molecule has 2 aliphatic rings. The Labute approximate surface area is 166 Å². The number of H-pyrrole nitrogens is 1. The van der Waals surface area contributed by atoms with Gasteiger partial charge in [0.25, 0.3) is 5.56 Å². The summed E-state index contributed by atoms with van der Waals surface area (Å²) in [6.45, 7) is 3.72. The number of anilines is 3. The molecule has 2 aromatic rings. The molecule has 3 heterocycles. The molecule has 0 saturated carbocycles. The highest BCUT2D eigenvalue weighted by Crippen LogP contribution is 2.31. The summed E-state index contributed by atoms with van der Waals surface area (Å²) in [5.74, 6) is -1.15. The molecule has 0 spiro atoms. The third kappa shape index (κ3) is 3.98. The molecule has 0 bridgehead atoms. The maximum Gasteiger partial charge on any atom is 0.258 e. The molecule has 1 atom stereocenters. The summed E-state index contributed by atoms with van der Waals surface area (Å²) in [5, 5.41) is 5.25. The molecular weight excluding hydrogens is 377 g/mol. The number of piperidine rings is 1. The molecular formula is C20H22FN5O3. The number of carbonyl (C=O) groups is 2. The third-order valence-corrected chi connectivity index (χ3v) is 5.45. The van der Waals surface area contributed by atoms with Crippen LogP contribution in [0.1, 0.15) is 37.7 Å². The number of fused-ring (bicyclic) bond motifs is 1. The Morgan fingerprint density at radius 2 is 1.90 bits per heavy atom. The second-order valence-corrected chi connectivity index (χ2v) is 7.62. The second kappa shape index (κ2) is 7.65. The molecule has 1 fully saturated rings. The molecule has 0 aliphatic carbocycles. The first-order chi connectivity index (χ1) is 13.9. The quantitative estimate of drug-likeness (QED) is 0.734. The van der Waals surface area contributed by atoms with E-state index < -0.39 is 23.2 Å². The summed E-state index contributed by atoms with van der Waals surface area (Å²) < 4.78 is 13.1. The van der Waals surface area contributed by atoms with E-state index in [1.54, 1.807) is 0 Å². The smallest absolute Gasteiger partial charge is 0.258 e. The van der Waals surface area contributed by atoms with Crippen LogP contribution < -0.4 is 21.1 Å². The predicted octanol–water partition coefficient (Wildman–Crippen LogP) is 2.21. The van der Waals surface area contributed by atoms with Crippen molar-refractivity contribution in [3.63, 3.8) is 0 Å². The zero-order valence-corrected chi connectivity index (χ0v) is 16.0. The van der Waals surface area contributed by atoms with Gasteiger partial charge in [-0.25, -0.2) is 4.39 Å². The molecule has 1 aromatic carbocycles. The maximum atomic E-state index is 13.1. The third-order valence-electron chi connectivity index (χ3n) is 5.45. The van der Waals surface area contributed by atoms with Crippen molar-refractivity contribution in [3.05, 3.63) is 46.0 Å². The van der Waals surface area contributed by atoms with Gasteiger partial charge in [0.15, 0.2) is 0 Å². The van der Waals surface area contributed by atoms with Gasteiger partial charge in [-0.05, 0) is 43.0 Å². The van der Waals surface area contributed by atoms with Crippen LogP contribution in [-0.2, 0) is 9.59 Å². The first kappa shape index (κ1) is 19.1. The fourth-order valence-electron chi connectivity index (χ4n) is 3.72. The molecule has 3 N–H and O–H groups in total. The van der Waals surface area contributed by atoms with E-state index in [0.29, 0.717) is 17.6 Å². The lowest BCUT2D eigenvalue weighted by molar-refractivity contribution is -0.123. The second-order valence-electron chi connectivity index (χ2n) is 7.62. The van der Waals surface area contributed by atoms with Gasteiger partial charge in [0.2, 0.25) is 17.8 Å². The average Bonchev–Trinajstić information content (AvgIpc) is 2.69. The highest BCUT2D eigenvalue weighted by atomic mass is 19.1. The summed E-state index contributed by atoms with van der Waals surface area (Å²) in [6.07, 6.45) is 1.83. The number of nitrogens with one attached hydrogen (secondary N) is 3. The first-order valence-electron chi connectivity index (χ1n) is 9.66. The lowest BCUT2D eigenvalue weighted by atomic mass is 9.92. The van der Waals surface area contributed by atoms with Crippen molar-refractivity contribution < 1.29 is 14.0 Å². The molecule has 0 unspecified atom stereocenters. The van der Waals surface area contributed by atoms with E-state index >= 15 is 0 Å². The van der Waals surface area contributed by atoms with E-state index in [4.69, 9.17) is 0 Å². The molecule has 2 amide bonds. The van der Waals surface area contributed by atoms with Crippen LogP contribution >= 0.6 is 0 Å². The van der Waals surface area contributed by atoms with Gasteiger partial charge in [-0.2, -0.15) is 4.98 Å². The van der Waals surface area contributed by atoms with Crippen LogP contribution in [0.25, 0.3) is 0 Å². The zero-order chi connectivity index (χ0) is 20.5. The minimum Gasteiger partial charge on any atom is -0.342 e. The van der Waals surface area contributed by atoms with Gasteiger partial charge in [0, 0.05) is 25.2 Å². The predicted molar refractivity (Wildman–Crippen MR) is 106 cm³/mol. The van der Waals surface area contributed by atoms with Gasteiger partial charge in [0.05, 0.1) is 11.5 Å². The van der Waals surface area contributed by atoms with E-state index in [2.05, 4.69) is 27.5 Å². The van der Waals surface area contributed by atoms with Crippen LogP contribution in [0.4, 0.5) is 21.8 Å². The normalized spacial score (nSPS) is 19.4. The molecule has 152 valence electrons. The average molecular weight is 399 g/mol. The molecule has 8 nitrogen and oxygen atoms in total. The van der Waals surface area contributed by atoms with Crippen molar-refractivity contribution in [2.45, 2.75) is 32.1 Å². The lowest BCUT2D eigenvalue weighted by Crippen LogP contribution is -2.39. The van der Waals surface area contributed by atoms with Crippen molar-refractivity contribution in [1.82, 2.24) is 9.97 Å². The fraction of sp³-hybridized carbons (Fsp3) is 0.400. The van der Waals surface area contributed by atoms with Crippen molar-refractivity contribution in [2.75, 3.05) is 28.6 Å². The van der Waals surface area contributed by atoms with E-state index in [1.807, 2.05) is 4.90 Å². The van der Waals surface area contributed by atoms with Gasteiger partial charge in [-0.1, -0.05) is 6.92 Å². The summed E-state index contributed by atoms with van der Waals surface area (Å²) >= 11 is 0. The van der Waals surface area contributed by atoms with Crippen molar-refractivity contribution in [2.24, 2.45) is 5.92 Å². The summed E-state index contributed by atoms with van der Waals surface area (Å²) in [7, 11) is 0. The van der Waals surface area contributed by atoms with E-state index in [0.717, 1.165) is 25.9 Å². The van der Waals surface area contributed by atoms with Gasteiger partial charge < -0.3 is 15.5 Å². The van der Waals surface area contributed by atoms with E-state index in [-0.39, 0.29) is 23.7 Å². The Hall–Kier alpha value is -3.23. The van der Waals surface area contributed by atoms with Crippen molar-refractivity contribution in [3.8, 4) is 0 Å². The number of benzene rings is 1. The number of amides is 2. The summed E-state index contributed by atoms with van der Waals surface area (Å²) in [6, 6.07) is 5.27. The zero-order valence-electron chi connectivity index (χ0n) is 16.0. The Bertz CT molecular complexity index is 996. The van der Waals surface area contributed by atoms with Gasteiger partial charge in [-0.15, -0.1) is 0 Å². The number of aromatic nitrogens is 2. The van der Waals surface area contributed by atoms with E-state index in [9.17, 15) is 18.8 Å². The first-order valence-corrected chi connectivity index (χ1v) is 9.66. The molecule has 2 aliphatic heterocycles. The number of carbonyl (C=O) groups excluding carboxylic acids is 2. The number of hydrogen-bond acceptors (Lipinski definition) is 5. The highest BCUT2D eigenvalue weighted by molar-refractivity contribution is 6.04. The van der Waals surface area contributed by atoms with Gasteiger partial charge in [-0.3, -0.25) is 19.4 Å². The fourth-order valence-corrected chi connectivity index (χ4v) is 3.72. The molecule has 1 aromatic heterocycles. The maximum absolute atomic E-state index is 13.1. The van der Waals surface area contributed by atoms with E-state index in [1.165, 1.54) is 24.3 Å². The highest BCUT2D eigenvalue weighted by Gasteiger charge is 2.35. The number of halogens is 1. The van der Waals surface area contributed by atoms with Crippen LogP contribution in [0.15, 0.2) is 29.1 Å². The van der Waals surface area contributed by atoms with Crippen LogP contribution in [-0.4, -0.2) is 34.9 Å². The lowest BCUT2D eigenvalue weighted by Gasteiger charge is -2.31. The Balaban J connectivity index is 1.62. The molecule has 1 saturated heterocycles. The molecule has 0 radical (unpaired) electrons. The molecule has 4 rings (SSSR count). The topological polar surface area (TPSA) is 107 Å². The number of rotatable bonds is 3. The minimum absolute atomic E-state index is 0.123. The number of aromatic amines is 1. The van der Waals surface area contributed by atoms with Crippen LogP contribution in [0, 0.1) is 11.7 Å². The Morgan fingerprint density at radius 1 is 1.21 bits per heavy atom. The van der Waals surface area contributed by atoms with Gasteiger partial charge in [0.1, 0.15) is 11.6 Å². The number of hydrogen-bond donors (Lipinski definition) is 3. The van der Waals surface area contributed by atoms with Crippen LogP contribution in [0.5, 0.6) is 0 Å². The van der Waals surface area contributed by atoms with Crippen molar-refractivity contribution >= 4 is 29.3 Å². The minimum atomic E-state index is -0.976. The monoisotopic (exact) mass is 399 g/mol. The SMILES string of the molecule is CC1CCN(c2nc3c(c(=O)[nH]2)[C@@H](C(=O)Nc2ccc(F)cc2)CC(=O)N3)CC1. The summed E-state index contributed by atoms with van der Waals surface area (Å²) in [5.41, 5.74) is 0.0774. The van der Waals surface area contributed by atoms with Crippen LogP contribution in [0.3, 0.4) is 0 Å². The Kier molecular flexibility index (Phi) is 5.04. The molecule has 29 heavy (non-hydrogen) atoms. The number of nitrogens with zero attached hydrogens (tertiary/aromatic N) is 2. The summed E-state index contributed by atoms with van der Waals surface area (Å²) in [4.78, 5) is 46.9. The van der Waals surface area contributed by atoms with Gasteiger partial charge >= 0.3 is 0 Å². The standard InChI is InChI=1S/C20H22FN5O3/c1-11-6-8-26(9-7-11)20-24-17-16(19(29)25-20)14(10-15(27)23-17)18(28)22-13-4-2-12(21)3-5-13/h2-5,11,14H,6-10H2,1H3,(H,22,28)(H2,23,24,25,27,29)/t14-/m0/s1. The Morgan fingerprint density at radius 3 is 2.59 bits per heavy atom.